The molecule has 222 valence electrons. The minimum absolute atomic E-state index is 0.224. The Morgan fingerprint density at radius 2 is 1.67 bits per heavy atom. The summed E-state index contributed by atoms with van der Waals surface area (Å²) in [6, 6.07) is 9.65. The minimum Gasteiger partial charge on any atom is -0.475 e. The number of aliphatic carboxylic acids is 1. The van der Waals surface area contributed by atoms with E-state index >= 15 is 0 Å². The van der Waals surface area contributed by atoms with Crippen molar-refractivity contribution in [1.29, 1.82) is 0 Å². The monoisotopic (exact) mass is 576 g/mol. The highest BCUT2D eigenvalue weighted by atomic mass is 28.3. The fraction of sp³-hybridized carbons (Fsp3) is 0.667. The molecule has 12 heteroatoms. The molecule has 0 bridgehead atoms. The first kappa shape index (κ1) is 34.6. The van der Waals surface area contributed by atoms with Crippen molar-refractivity contribution in [2.75, 3.05) is 6.61 Å². The lowest BCUT2D eigenvalue weighted by Gasteiger charge is -2.31. The molecule has 1 aliphatic rings. The molecular formula is C27H43F3N2O6Si. The average Bonchev–Trinajstić information content (AvgIpc) is 2.86. The van der Waals surface area contributed by atoms with Gasteiger partial charge in [-0.2, -0.15) is 13.2 Å². The number of hydrazine groups is 1. The van der Waals surface area contributed by atoms with Crippen LogP contribution in [0.1, 0.15) is 57.4 Å². The molecule has 1 amide bonds. The van der Waals surface area contributed by atoms with E-state index < -0.39 is 38.3 Å². The van der Waals surface area contributed by atoms with Gasteiger partial charge in [0.25, 0.3) is 0 Å². The molecule has 39 heavy (non-hydrogen) atoms. The summed E-state index contributed by atoms with van der Waals surface area (Å²) in [4.78, 5) is 34.8. The van der Waals surface area contributed by atoms with Crippen molar-refractivity contribution in [3.63, 3.8) is 0 Å². The number of carboxylic acid groups (broad SMARTS) is 1. The molecule has 1 unspecified atom stereocenters. The van der Waals surface area contributed by atoms with Crippen molar-refractivity contribution >= 4 is 25.9 Å². The summed E-state index contributed by atoms with van der Waals surface area (Å²) in [5.41, 5.74) is 0.998. The Morgan fingerprint density at radius 3 is 2.18 bits per heavy atom. The smallest absolute Gasteiger partial charge is 0.475 e. The molecule has 3 N–H and O–H groups in total. The Hall–Kier alpha value is -2.44. The summed E-state index contributed by atoms with van der Waals surface area (Å²) in [6.45, 7) is 9.16. The third-order valence-corrected chi connectivity index (χ3v) is 8.16. The summed E-state index contributed by atoms with van der Waals surface area (Å²) in [7, 11) is -1.35. The highest BCUT2D eigenvalue weighted by Crippen LogP contribution is 2.27. The van der Waals surface area contributed by atoms with Crippen LogP contribution in [0, 0.1) is 5.92 Å². The lowest BCUT2D eigenvalue weighted by atomic mass is 9.86. The molecule has 2 rings (SSSR count). The number of alkyl halides is 3. The zero-order valence-corrected chi connectivity index (χ0v) is 24.3. The first-order valence-corrected chi connectivity index (χ1v) is 17.0. The van der Waals surface area contributed by atoms with Crippen LogP contribution in [-0.2, 0) is 30.5 Å². The van der Waals surface area contributed by atoms with Gasteiger partial charge < -0.3 is 14.6 Å². The van der Waals surface area contributed by atoms with Crippen LogP contribution in [0.5, 0.6) is 0 Å². The third kappa shape index (κ3) is 14.5. The van der Waals surface area contributed by atoms with Gasteiger partial charge in [-0.3, -0.25) is 9.80 Å². The van der Waals surface area contributed by atoms with Crippen LogP contribution in [0.3, 0.4) is 0 Å². The maximum atomic E-state index is 13.0. The molecule has 0 aliphatic heterocycles. The van der Waals surface area contributed by atoms with Crippen LogP contribution in [0.15, 0.2) is 30.3 Å². The second kappa shape index (κ2) is 16.6. The van der Waals surface area contributed by atoms with Crippen molar-refractivity contribution in [2.24, 2.45) is 11.8 Å². The van der Waals surface area contributed by atoms with Crippen LogP contribution in [-0.4, -0.2) is 61.0 Å². The number of ether oxygens (including phenoxy) is 2. The molecule has 0 saturated heterocycles. The first-order chi connectivity index (χ1) is 18.1. The SMILES string of the molecule is CC(OCc1ccccc1)[C@H](C(=O)OCC[Si](C)(C)C)N(N)C(=O)CCC1CCCCC1.O=C(O)C(F)(F)F. The Bertz CT molecular complexity index is 890. The van der Waals surface area contributed by atoms with Crippen molar-refractivity contribution in [3.8, 4) is 0 Å². The minimum atomic E-state index is -5.08. The topological polar surface area (TPSA) is 119 Å². The fourth-order valence-corrected chi connectivity index (χ4v) is 4.77. The molecule has 1 saturated carbocycles. The van der Waals surface area contributed by atoms with Gasteiger partial charge in [0.15, 0.2) is 6.04 Å². The van der Waals surface area contributed by atoms with Crippen LogP contribution >= 0.6 is 0 Å². The van der Waals surface area contributed by atoms with E-state index in [1.165, 1.54) is 32.1 Å². The van der Waals surface area contributed by atoms with Crippen molar-refractivity contribution < 1.29 is 42.1 Å². The van der Waals surface area contributed by atoms with E-state index in [9.17, 15) is 22.8 Å². The van der Waals surface area contributed by atoms with Gasteiger partial charge in [0.1, 0.15) is 0 Å². The van der Waals surface area contributed by atoms with E-state index in [2.05, 4.69) is 19.6 Å². The molecule has 2 atom stereocenters. The molecule has 0 heterocycles. The number of carboxylic acids is 1. The standard InChI is InChI=1S/C25H42N2O4Si.C2HF3O2/c1-20(31-19-22-13-9-6-10-14-22)24(25(29)30-17-18-32(2,3)4)27(26)23(28)16-15-21-11-7-5-8-12-21;3-2(4,5)1(6)7/h6,9-10,13-14,20-21,24H,5,7-8,11-12,15-19,26H2,1-4H3;(H,6,7)/t20?,24-;/m1./s1. The average molecular weight is 577 g/mol. The predicted octanol–water partition coefficient (Wildman–Crippen LogP) is 5.54. The number of esters is 1. The fourth-order valence-electron chi connectivity index (χ4n) is 4.06. The van der Waals surface area contributed by atoms with E-state index in [-0.39, 0.29) is 5.91 Å². The maximum Gasteiger partial charge on any atom is 0.490 e. The number of nitrogens with zero attached hydrogens (tertiary/aromatic N) is 1. The quantitative estimate of drug-likeness (QED) is 0.110. The Balaban J connectivity index is 0.000000956. The molecule has 1 aromatic carbocycles. The van der Waals surface area contributed by atoms with Crippen LogP contribution in [0.25, 0.3) is 0 Å². The molecule has 0 spiro atoms. The molecule has 0 aromatic heterocycles. The lowest BCUT2D eigenvalue weighted by molar-refractivity contribution is -0.192. The summed E-state index contributed by atoms with van der Waals surface area (Å²) >= 11 is 0. The van der Waals surface area contributed by atoms with Crippen LogP contribution in [0.4, 0.5) is 13.2 Å². The van der Waals surface area contributed by atoms with Crippen molar-refractivity contribution in [3.05, 3.63) is 35.9 Å². The van der Waals surface area contributed by atoms with Gasteiger partial charge in [0.2, 0.25) is 5.91 Å². The Labute approximate surface area is 230 Å². The number of rotatable bonds is 12. The second-order valence-corrected chi connectivity index (χ2v) is 16.7. The lowest BCUT2D eigenvalue weighted by Crippen LogP contribution is -2.55. The number of nitrogens with two attached hydrogens (primary N) is 1. The first-order valence-electron chi connectivity index (χ1n) is 13.3. The van der Waals surface area contributed by atoms with E-state index in [0.29, 0.717) is 25.6 Å². The van der Waals surface area contributed by atoms with Gasteiger partial charge in [-0.25, -0.2) is 15.4 Å². The van der Waals surface area contributed by atoms with Gasteiger partial charge in [-0.1, -0.05) is 82.1 Å². The number of carbonyl (C=O) groups excluding carboxylic acids is 2. The van der Waals surface area contributed by atoms with Gasteiger partial charge >= 0.3 is 18.1 Å². The highest BCUT2D eigenvalue weighted by molar-refractivity contribution is 6.76. The largest absolute Gasteiger partial charge is 0.490 e. The van der Waals surface area contributed by atoms with Gasteiger partial charge in [-0.05, 0) is 30.9 Å². The Morgan fingerprint density at radius 1 is 1.10 bits per heavy atom. The van der Waals surface area contributed by atoms with Crippen LogP contribution in [0.2, 0.25) is 25.7 Å². The highest BCUT2D eigenvalue weighted by Gasteiger charge is 2.38. The molecule has 8 nitrogen and oxygen atoms in total. The number of carbonyl (C=O) groups is 3. The second-order valence-electron chi connectivity index (χ2n) is 11.1. The van der Waals surface area contributed by atoms with E-state index in [0.717, 1.165) is 23.0 Å². The van der Waals surface area contributed by atoms with Gasteiger partial charge in [-0.15, -0.1) is 0 Å². The third-order valence-electron chi connectivity index (χ3n) is 6.46. The number of hydrogen-bond acceptors (Lipinski definition) is 6. The molecule has 0 radical (unpaired) electrons. The number of halogens is 3. The molecule has 1 aliphatic carbocycles. The molecule has 1 aromatic rings. The van der Waals surface area contributed by atoms with Gasteiger partial charge in [0.05, 0.1) is 19.3 Å². The van der Waals surface area contributed by atoms with E-state index in [1.54, 1.807) is 6.92 Å². The normalized spacial score (nSPS) is 15.9. The number of hydrogen-bond donors (Lipinski definition) is 2. The van der Waals surface area contributed by atoms with Crippen molar-refractivity contribution in [2.45, 2.75) is 102 Å². The summed E-state index contributed by atoms with van der Waals surface area (Å²) in [5.74, 6) is 3.33. The zero-order valence-electron chi connectivity index (χ0n) is 23.3. The Kier molecular flexibility index (Phi) is 14.7. The van der Waals surface area contributed by atoms with E-state index in [4.69, 9.17) is 25.2 Å². The predicted molar refractivity (Wildman–Crippen MR) is 144 cm³/mol. The summed E-state index contributed by atoms with van der Waals surface area (Å²) in [5, 5.41) is 8.19. The van der Waals surface area contributed by atoms with Gasteiger partial charge in [0, 0.05) is 14.5 Å². The van der Waals surface area contributed by atoms with Crippen LogP contribution < -0.4 is 5.84 Å². The molecular weight excluding hydrogens is 533 g/mol. The maximum absolute atomic E-state index is 13.0. The number of benzene rings is 1. The molecule has 1 fully saturated rings. The zero-order chi connectivity index (χ0) is 29.6. The summed E-state index contributed by atoms with van der Waals surface area (Å²) in [6.07, 6.45) is 1.62. The van der Waals surface area contributed by atoms with E-state index in [1.807, 2.05) is 30.3 Å². The summed E-state index contributed by atoms with van der Waals surface area (Å²) < 4.78 is 43.3. The number of amides is 1. The van der Waals surface area contributed by atoms with Crippen molar-refractivity contribution in [1.82, 2.24) is 5.01 Å².